The Morgan fingerprint density at radius 1 is 1.03 bits per heavy atom. The van der Waals surface area contributed by atoms with Crippen LogP contribution in [0.2, 0.25) is 0 Å². The summed E-state index contributed by atoms with van der Waals surface area (Å²) in [7, 11) is 0. The molecule has 1 aliphatic rings. The first-order valence-corrected chi connectivity index (χ1v) is 11.1. The Kier molecular flexibility index (Phi) is 6.58. The van der Waals surface area contributed by atoms with Gasteiger partial charge in [0, 0.05) is 48.2 Å². The van der Waals surface area contributed by atoms with Gasteiger partial charge in [-0.2, -0.15) is 0 Å². The molecule has 0 saturated carbocycles. The van der Waals surface area contributed by atoms with Crippen LogP contribution in [0.15, 0.2) is 66.7 Å². The predicted octanol–water partition coefficient (Wildman–Crippen LogP) is 5.30. The fourth-order valence-corrected chi connectivity index (χ4v) is 4.07. The molecular formula is C26H26N4O4. The van der Waals surface area contributed by atoms with Gasteiger partial charge in [0.1, 0.15) is 0 Å². The fraction of sp³-hybridized carbons (Fsp3) is 0.231. The van der Waals surface area contributed by atoms with E-state index in [0.29, 0.717) is 30.9 Å². The summed E-state index contributed by atoms with van der Waals surface area (Å²) in [5.74, 6) is -0.436. The van der Waals surface area contributed by atoms with Crippen molar-refractivity contribution in [1.82, 2.24) is 4.90 Å². The molecule has 8 heteroatoms. The Morgan fingerprint density at radius 3 is 2.50 bits per heavy atom. The summed E-state index contributed by atoms with van der Waals surface area (Å²) in [4.78, 5) is 39.9. The molecule has 1 fully saturated rings. The minimum absolute atomic E-state index is 0.0449. The van der Waals surface area contributed by atoms with Crippen molar-refractivity contribution < 1.29 is 14.5 Å². The van der Waals surface area contributed by atoms with Gasteiger partial charge in [-0.1, -0.05) is 35.9 Å². The first-order valence-electron chi connectivity index (χ1n) is 11.1. The maximum atomic E-state index is 13.1. The fourth-order valence-electron chi connectivity index (χ4n) is 4.07. The lowest BCUT2D eigenvalue weighted by Gasteiger charge is -2.35. The largest absolute Gasteiger partial charge is 0.324 e. The first-order chi connectivity index (χ1) is 16.3. The molecule has 0 aromatic heterocycles. The van der Waals surface area contributed by atoms with Crippen LogP contribution in [0.4, 0.5) is 21.9 Å². The summed E-state index contributed by atoms with van der Waals surface area (Å²) < 4.78 is 0. The number of hydrogen-bond donors (Lipinski definition) is 1. The van der Waals surface area contributed by atoms with Crippen LogP contribution in [-0.2, 0) is 6.54 Å². The molecule has 0 radical (unpaired) electrons. The number of nitro groups is 1. The van der Waals surface area contributed by atoms with E-state index < -0.39 is 10.8 Å². The van der Waals surface area contributed by atoms with Crippen molar-refractivity contribution in [3.8, 4) is 0 Å². The predicted molar refractivity (Wildman–Crippen MR) is 131 cm³/mol. The van der Waals surface area contributed by atoms with E-state index >= 15 is 0 Å². The number of urea groups is 1. The smallest absolute Gasteiger partial charge is 0.322 e. The summed E-state index contributed by atoms with van der Waals surface area (Å²) >= 11 is 0. The lowest BCUT2D eigenvalue weighted by atomic mass is 10.1. The molecule has 0 unspecified atom stereocenters. The van der Waals surface area contributed by atoms with E-state index in [1.165, 1.54) is 6.07 Å². The van der Waals surface area contributed by atoms with Gasteiger partial charge in [-0.25, -0.2) is 4.79 Å². The van der Waals surface area contributed by atoms with Gasteiger partial charge in [0.05, 0.1) is 4.92 Å². The van der Waals surface area contributed by atoms with Crippen LogP contribution >= 0.6 is 0 Å². The van der Waals surface area contributed by atoms with Crippen molar-refractivity contribution >= 4 is 29.0 Å². The number of anilines is 2. The van der Waals surface area contributed by atoms with Gasteiger partial charge in [0.25, 0.3) is 11.6 Å². The number of benzene rings is 3. The highest BCUT2D eigenvalue weighted by Gasteiger charge is 2.27. The normalized spacial score (nSPS) is 13.6. The van der Waals surface area contributed by atoms with E-state index in [1.54, 1.807) is 48.2 Å². The van der Waals surface area contributed by atoms with Crippen LogP contribution in [0.5, 0.6) is 0 Å². The summed E-state index contributed by atoms with van der Waals surface area (Å²) in [6.45, 7) is 5.56. The van der Waals surface area contributed by atoms with Crippen molar-refractivity contribution in [3.05, 3.63) is 99.1 Å². The molecule has 4 rings (SSSR count). The maximum Gasteiger partial charge on any atom is 0.324 e. The average molecular weight is 459 g/mol. The first kappa shape index (κ1) is 23.0. The minimum atomic E-state index is -0.501. The second-order valence-electron chi connectivity index (χ2n) is 8.46. The van der Waals surface area contributed by atoms with Gasteiger partial charge in [-0.3, -0.25) is 19.8 Å². The Morgan fingerprint density at radius 2 is 1.79 bits per heavy atom. The third-order valence-corrected chi connectivity index (χ3v) is 5.87. The van der Waals surface area contributed by atoms with Gasteiger partial charge < -0.3 is 10.2 Å². The van der Waals surface area contributed by atoms with Crippen molar-refractivity contribution in [1.29, 1.82) is 0 Å². The zero-order valence-electron chi connectivity index (χ0n) is 19.2. The van der Waals surface area contributed by atoms with E-state index in [4.69, 9.17) is 0 Å². The van der Waals surface area contributed by atoms with Crippen LogP contribution in [0.1, 0.15) is 33.5 Å². The number of rotatable bonds is 6. The number of amides is 3. The molecule has 8 nitrogen and oxygen atoms in total. The molecule has 0 bridgehead atoms. The second kappa shape index (κ2) is 9.74. The Bertz CT molecular complexity index is 1240. The highest BCUT2D eigenvalue weighted by atomic mass is 16.6. The molecular weight excluding hydrogens is 432 g/mol. The molecule has 34 heavy (non-hydrogen) atoms. The Labute approximate surface area is 198 Å². The van der Waals surface area contributed by atoms with Crippen LogP contribution in [0.3, 0.4) is 0 Å². The number of nitrogens with zero attached hydrogens (tertiary/aromatic N) is 3. The second-order valence-corrected chi connectivity index (χ2v) is 8.46. The number of carbonyl (C=O) groups excluding carboxylic acids is 2. The summed E-state index contributed by atoms with van der Waals surface area (Å²) in [6.07, 6.45) is 0.863. The SMILES string of the molecule is Cc1cccc(CN2CCCN(c3ccc(NC(=O)c4ccc(C)c([N+](=O)[O-])c4)cc3)C2=O)c1. The van der Waals surface area contributed by atoms with E-state index in [0.717, 1.165) is 23.2 Å². The molecule has 1 N–H and O–H groups in total. The van der Waals surface area contributed by atoms with Crippen LogP contribution in [-0.4, -0.2) is 34.9 Å². The van der Waals surface area contributed by atoms with Crippen molar-refractivity contribution in [2.75, 3.05) is 23.3 Å². The third kappa shape index (κ3) is 5.06. The molecule has 3 aromatic rings. The van der Waals surface area contributed by atoms with Crippen molar-refractivity contribution in [2.24, 2.45) is 0 Å². The van der Waals surface area contributed by atoms with Gasteiger partial charge >= 0.3 is 6.03 Å². The summed E-state index contributed by atoms with van der Waals surface area (Å²) in [6, 6.07) is 19.5. The monoisotopic (exact) mass is 458 g/mol. The number of hydrogen-bond acceptors (Lipinski definition) is 4. The lowest BCUT2D eigenvalue weighted by Crippen LogP contribution is -2.49. The van der Waals surface area contributed by atoms with Crippen LogP contribution < -0.4 is 10.2 Å². The summed E-state index contributed by atoms with van der Waals surface area (Å²) in [5, 5.41) is 13.9. The lowest BCUT2D eigenvalue weighted by molar-refractivity contribution is -0.385. The quantitative estimate of drug-likeness (QED) is 0.401. The standard InChI is InChI=1S/C26H26N4O4/c1-18-5-3-6-20(15-18)17-28-13-4-14-29(26(28)32)23-11-9-22(10-12-23)27-25(31)21-8-7-19(2)24(16-21)30(33)34/h3,5-12,15-16H,4,13-14,17H2,1-2H3,(H,27,31). The number of nitrogens with one attached hydrogen (secondary N) is 1. The molecule has 1 saturated heterocycles. The number of carbonyl (C=O) groups is 2. The van der Waals surface area contributed by atoms with Crippen LogP contribution in [0, 0.1) is 24.0 Å². The zero-order valence-corrected chi connectivity index (χ0v) is 19.2. The topological polar surface area (TPSA) is 95.8 Å². The van der Waals surface area contributed by atoms with Crippen molar-refractivity contribution in [2.45, 2.75) is 26.8 Å². The van der Waals surface area contributed by atoms with Gasteiger partial charge in [0.2, 0.25) is 0 Å². The highest BCUT2D eigenvalue weighted by molar-refractivity contribution is 6.05. The molecule has 3 aromatic carbocycles. The molecule has 1 aliphatic heterocycles. The number of aryl methyl sites for hydroxylation is 2. The van der Waals surface area contributed by atoms with Crippen molar-refractivity contribution in [3.63, 3.8) is 0 Å². The molecule has 0 spiro atoms. The minimum Gasteiger partial charge on any atom is -0.322 e. The van der Waals surface area contributed by atoms with E-state index in [-0.39, 0.29) is 17.3 Å². The zero-order chi connectivity index (χ0) is 24.2. The van der Waals surface area contributed by atoms with Crippen LogP contribution in [0.25, 0.3) is 0 Å². The summed E-state index contributed by atoms with van der Waals surface area (Å²) in [5.41, 5.74) is 4.16. The van der Waals surface area contributed by atoms with E-state index in [2.05, 4.69) is 11.4 Å². The van der Waals surface area contributed by atoms with Gasteiger partial charge in [-0.05, 0) is 56.2 Å². The Hall–Kier alpha value is -4.20. The molecule has 1 heterocycles. The Balaban J connectivity index is 1.43. The highest BCUT2D eigenvalue weighted by Crippen LogP contribution is 2.24. The van der Waals surface area contributed by atoms with Gasteiger partial charge in [-0.15, -0.1) is 0 Å². The molecule has 3 amide bonds. The van der Waals surface area contributed by atoms with E-state index in [9.17, 15) is 19.7 Å². The maximum absolute atomic E-state index is 13.1. The molecule has 174 valence electrons. The molecule has 0 atom stereocenters. The molecule has 0 aliphatic carbocycles. The van der Waals surface area contributed by atoms with Gasteiger partial charge in [0.15, 0.2) is 0 Å². The third-order valence-electron chi connectivity index (χ3n) is 5.87. The number of nitro benzene ring substituents is 1. The average Bonchev–Trinajstić information content (AvgIpc) is 2.81. The van der Waals surface area contributed by atoms with E-state index in [1.807, 2.05) is 30.0 Å².